The number of carbonyl (C=O) groups is 2. The molecule has 0 aliphatic rings. The topological polar surface area (TPSA) is 99.8 Å². The number of benzene rings is 1. The van der Waals surface area contributed by atoms with Crippen molar-refractivity contribution < 1.29 is 9.59 Å². The Labute approximate surface area is 115 Å². The molecule has 7 nitrogen and oxygen atoms in total. The third-order valence-electron chi connectivity index (χ3n) is 2.54. The Hall–Kier alpha value is -2.70. The smallest absolute Gasteiger partial charge is 0.251 e. The van der Waals surface area contributed by atoms with Crippen molar-refractivity contribution in [1.29, 1.82) is 0 Å². The first kappa shape index (κ1) is 13.7. The second-order valence-corrected chi connectivity index (χ2v) is 4.34. The van der Waals surface area contributed by atoms with Crippen molar-refractivity contribution in [3.63, 3.8) is 0 Å². The number of anilines is 1. The SMILES string of the molecule is Cc1cccc(C(=O)NCC(=O)Nc2n[nH]c(C)n2)c1. The van der Waals surface area contributed by atoms with Gasteiger partial charge in [-0.2, -0.15) is 4.98 Å². The van der Waals surface area contributed by atoms with E-state index in [9.17, 15) is 9.59 Å². The average molecular weight is 273 g/mol. The number of nitrogens with zero attached hydrogens (tertiary/aromatic N) is 2. The molecule has 0 spiro atoms. The van der Waals surface area contributed by atoms with E-state index in [-0.39, 0.29) is 24.3 Å². The van der Waals surface area contributed by atoms with Crippen molar-refractivity contribution in [3.05, 3.63) is 41.2 Å². The van der Waals surface area contributed by atoms with E-state index in [1.54, 1.807) is 25.1 Å². The van der Waals surface area contributed by atoms with E-state index in [1.807, 2.05) is 13.0 Å². The third kappa shape index (κ3) is 3.64. The molecule has 2 amide bonds. The third-order valence-corrected chi connectivity index (χ3v) is 2.54. The monoisotopic (exact) mass is 273 g/mol. The molecule has 0 saturated heterocycles. The van der Waals surface area contributed by atoms with Gasteiger partial charge in [0.25, 0.3) is 5.91 Å². The second kappa shape index (κ2) is 5.96. The normalized spacial score (nSPS) is 10.1. The molecule has 2 aromatic rings. The van der Waals surface area contributed by atoms with Crippen molar-refractivity contribution in [2.75, 3.05) is 11.9 Å². The standard InChI is InChI=1S/C13H15N5O2/c1-8-4-3-5-10(6-8)12(20)14-7-11(19)16-13-15-9(2)17-18-13/h3-6H,7H2,1-2H3,(H,14,20)(H2,15,16,17,18,19). The van der Waals surface area contributed by atoms with Crippen molar-refractivity contribution >= 4 is 17.8 Å². The first-order valence-electron chi connectivity index (χ1n) is 6.08. The number of rotatable bonds is 4. The largest absolute Gasteiger partial charge is 0.343 e. The van der Waals surface area contributed by atoms with E-state index in [4.69, 9.17) is 0 Å². The molecule has 1 aromatic heterocycles. The summed E-state index contributed by atoms with van der Waals surface area (Å²) >= 11 is 0. The van der Waals surface area contributed by atoms with Crippen molar-refractivity contribution in [2.45, 2.75) is 13.8 Å². The van der Waals surface area contributed by atoms with Crippen molar-refractivity contribution in [2.24, 2.45) is 0 Å². The van der Waals surface area contributed by atoms with E-state index in [2.05, 4.69) is 25.8 Å². The van der Waals surface area contributed by atoms with Gasteiger partial charge in [0.2, 0.25) is 11.9 Å². The first-order valence-corrected chi connectivity index (χ1v) is 6.08. The van der Waals surface area contributed by atoms with Crippen LogP contribution in [0.4, 0.5) is 5.95 Å². The van der Waals surface area contributed by atoms with Crippen LogP contribution in [0.15, 0.2) is 24.3 Å². The van der Waals surface area contributed by atoms with E-state index in [0.29, 0.717) is 11.4 Å². The average Bonchev–Trinajstić information content (AvgIpc) is 2.81. The fourth-order valence-corrected chi connectivity index (χ4v) is 1.62. The molecule has 0 unspecified atom stereocenters. The number of amides is 2. The molecule has 0 atom stereocenters. The van der Waals surface area contributed by atoms with E-state index < -0.39 is 0 Å². The second-order valence-electron chi connectivity index (χ2n) is 4.34. The fraction of sp³-hybridized carbons (Fsp3) is 0.231. The highest BCUT2D eigenvalue weighted by Crippen LogP contribution is 2.03. The number of aromatic amines is 1. The van der Waals surface area contributed by atoms with Crippen LogP contribution >= 0.6 is 0 Å². The zero-order chi connectivity index (χ0) is 14.5. The lowest BCUT2D eigenvalue weighted by molar-refractivity contribution is -0.115. The Kier molecular flexibility index (Phi) is 4.09. The van der Waals surface area contributed by atoms with E-state index in [0.717, 1.165) is 5.56 Å². The number of aromatic nitrogens is 3. The minimum atomic E-state index is -0.384. The molecule has 1 aromatic carbocycles. The molecule has 0 saturated carbocycles. The van der Waals surface area contributed by atoms with Crippen LogP contribution in [0.3, 0.4) is 0 Å². The predicted octanol–water partition coefficient (Wildman–Crippen LogP) is 0.790. The lowest BCUT2D eigenvalue weighted by atomic mass is 10.1. The summed E-state index contributed by atoms with van der Waals surface area (Å²) in [5.74, 6) is 0.112. The maximum Gasteiger partial charge on any atom is 0.251 e. The summed E-state index contributed by atoms with van der Waals surface area (Å²) in [5.41, 5.74) is 1.50. The van der Waals surface area contributed by atoms with Gasteiger partial charge >= 0.3 is 0 Å². The number of aryl methyl sites for hydroxylation is 2. The molecular formula is C13H15N5O2. The number of nitrogens with one attached hydrogen (secondary N) is 3. The van der Waals surface area contributed by atoms with Gasteiger partial charge in [0.05, 0.1) is 6.54 Å². The van der Waals surface area contributed by atoms with Gasteiger partial charge < -0.3 is 5.32 Å². The first-order chi connectivity index (χ1) is 9.54. The van der Waals surface area contributed by atoms with Crippen LogP contribution in [0, 0.1) is 13.8 Å². The minimum Gasteiger partial charge on any atom is -0.343 e. The Bertz CT molecular complexity index is 635. The summed E-state index contributed by atoms with van der Waals surface area (Å²) in [7, 11) is 0. The number of hydrogen-bond donors (Lipinski definition) is 3. The van der Waals surface area contributed by atoms with Crippen molar-refractivity contribution in [3.8, 4) is 0 Å². The quantitative estimate of drug-likeness (QED) is 0.766. The van der Waals surface area contributed by atoms with Crippen LogP contribution in [0.1, 0.15) is 21.7 Å². The van der Waals surface area contributed by atoms with Gasteiger partial charge in [-0.05, 0) is 26.0 Å². The van der Waals surface area contributed by atoms with Crippen LogP contribution in [0.2, 0.25) is 0 Å². The van der Waals surface area contributed by atoms with Crippen LogP contribution in [-0.2, 0) is 4.79 Å². The number of H-pyrrole nitrogens is 1. The van der Waals surface area contributed by atoms with Gasteiger partial charge in [-0.3, -0.25) is 20.0 Å². The predicted molar refractivity (Wildman–Crippen MR) is 73.3 cm³/mol. The van der Waals surface area contributed by atoms with E-state index >= 15 is 0 Å². The highest BCUT2D eigenvalue weighted by Gasteiger charge is 2.09. The number of carbonyl (C=O) groups excluding carboxylic acids is 2. The fourth-order valence-electron chi connectivity index (χ4n) is 1.62. The summed E-state index contributed by atoms with van der Waals surface area (Å²) in [6, 6.07) is 7.14. The van der Waals surface area contributed by atoms with Gasteiger partial charge in [-0.1, -0.05) is 17.7 Å². The van der Waals surface area contributed by atoms with Gasteiger partial charge in [-0.15, -0.1) is 5.10 Å². The molecule has 2 rings (SSSR count). The molecule has 0 fully saturated rings. The van der Waals surface area contributed by atoms with Gasteiger partial charge in [-0.25, -0.2) is 0 Å². The highest BCUT2D eigenvalue weighted by molar-refractivity contribution is 5.98. The van der Waals surface area contributed by atoms with Crippen LogP contribution in [-0.4, -0.2) is 33.5 Å². The zero-order valence-corrected chi connectivity index (χ0v) is 11.2. The molecule has 20 heavy (non-hydrogen) atoms. The molecule has 0 aliphatic heterocycles. The van der Waals surface area contributed by atoms with Crippen molar-refractivity contribution in [1.82, 2.24) is 20.5 Å². The maximum absolute atomic E-state index is 11.8. The molecule has 104 valence electrons. The summed E-state index contributed by atoms with van der Waals surface area (Å²) in [6.45, 7) is 3.48. The molecule has 0 radical (unpaired) electrons. The van der Waals surface area contributed by atoms with Gasteiger partial charge in [0.1, 0.15) is 5.82 Å². The molecular weight excluding hydrogens is 258 g/mol. The summed E-state index contributed by atoms with van der Waals surface area (Å²) in [6.07, 6.45) is 0. The molecule has 0 aliphatic carbocycles. The molecule has 0 bridgehead atoms. The van der Waals surface area contributed by atoms with Crippen LogP contribution in [0.25, 0.3) is 0 Å². The lowest BCUT2D eigenvalue weighted by Gasteiger charge is -2.05. The Balaban J connectivity index is 1.85. The summed E-state index contributed by atoms with van der Waals surface area (Å²) in [4.78, 5) is 27.4. The van der Waals surface area contributed by atoms with Gasteiger partial charge in [0, 0.05) is 5.56 Å². The Morgan fingerprint density at radius 2 is 2.10 bits per heavy atom. The lowest BCUT2D eigenvalue weighted by Crippen LogP contribution is -2.33. The molecule has 1 heterocycles. The van der Waals surface area contributed by atoms with Crippen LogP contribution in [0.5, 0.6) is 0 Å². The summed E-state index contributed by atoms with van der Waals surface area (Å²) in [5, 5.41) is 11.4. The molecule has 3 N–H and O–H groups in total. The minimum absolute atomic E-state index is 0.139. The van der Waals surface area contributed by atoms with Crippen LogP contribution < -0.4 is 10.6 Å². The van der Waals surface area contributed by atoms with Gasteiger partial charge in [0.15, 0.2) is 0 Å². The molecule has 7 heteroatoms. The summed E-state index contributed by atoms with van der Waals surface area (Å²) < 4.78 is 0. The van der Waals surface area contributed by atoms with E-state index in [1.165, 1.54) is 0 Å². The maximum atomic E-state index is 11.8. The Morgan fingerprint density at radius 3 is 2.75 bits per heavy atom. The Morgan fingerprint density at radius 1 is 1.30 bits per heavy atom. The number of hydrogen-bond acceptors (Lipinski definition) is 4. The zero-order valence-electron chi connectivity index (χ0n) is 11.2. The highest BCUT2D eigenvalue weighted by atomic mass is 16.2.